The number of hydrogen-bond acceptors (Lipinski definition) is 2. The molecule has 2 rings (SSSR count). The average molecular weight is 395 g/mol. The quantitative estimate of drug-likeness (QED) is 0.677. The topological polar surface area (TPSA) is 49.4 Å². The van der Waals surface area contributed by atoms with Crippen molar-refractivity contribution in [2.45, 2.75) is 72.5 Å². The van der Waals surface area contributed by atoms with Crippen molar-refractivity contribution in [3.05, 3.63) is 70.8 Å². The Labute approximate surface area is 175 Å². The van der Waals surface area contributed by atoms with Gasteiger partial charge >= 0.3 is 0 Å². The zero-order valence-electron chi connectivity index (χ0n) is 18.4. The zero-order chi connectivity index (χ0) is 21.4. The molecule has 0 spiro atoms. The molecule has 2 amide bonds. The first-order valence-electron chi connectivity index (χ1n) is 10.6. The molecule has 4 heteroatoms. The van der Waals surface area contributed by atoms with Crippen LogP contribution in [0.5, 0.6) is 0 Å². The van der Waals surface area contributed by atoms with E-state index in [-0.39, 0.29) is 17.9 Å². The molecule has 0 saturated carbocycles. The van der Waals surface area contributed by atoms with Crippen LogP contribution >= 0.6 is 0 Å². The van der Waals surface area contributed by atoms with Gasteiger partial charge in [0.05, 0.1) is 6.42 Å². The normalized spacial score (nSPS) is 12.9. The van der Waals surface area contributed by atoms with Crippen LogP contribution in [0.2, 0.25) is 0 Å². The van der Waals surface area contributed by atoms with Crippen LogP contribution in [0.1, 0.15) is 55.9 Å². The minimum Gasteiger partial charge on any atom is -0.352 e. The predicted molar refractivity (Wildman–Crippen MR) is 119 cm³/mol. The van der Waals surface area contributed by atoms with E-state index in [9.17, 15) is 9.59 Å². The highest BCUT2D eigenvalue weighted by Crippen LogP contribution is 2.18. The number of amides is 2. The summed E-state index contributed by atoms with van der Waals surface area (Å²) in [6.07, 6.45) is 1.73. The summed E-state index contributed by atoms with van der Waals surface area (Å²) in [5, 5.41) is 3.06. The van der Waals surface area contributed by atoms with Gasteiger partial charge in [0, 0.05) is 12.6 Å². The summed E-state index contributed by atoms with van der Waals surface area (Å²) in [4.78, 5) is 28.1. The highest BCUT2D eigenvalue weighted by atomic mass is 16.2. The Balaban J connectivity index is 2.33. The standard InChI is InChI=1S/C25H34N2O2/c1-6-20(5)26-25(29)23(7-2)27(17-22-15-11-9-13-19(22)4)24(28)16-21-14-10-8-12-18(21)3/h8-15,20,23H,6-7,16-17H2,1-5H3,(H,26,29)/t20-,23+/m1/s1. The molecular formula is C25H34N2O2. The van der Waals surface area contributed by atoms with Gasteiger partial charge < -0.3 is 10.2 Å². The molecule has 2 aromatic carbocycles. The van der Waals surface area contributed by atoms with Crippen LogP contribution in [0.25, 0.3) is 0 Å². The SMILES string of the molecule is CC[C@@H](C)NC(=O)[C@H](CC)N(Cc1ccccc1C)C(=O)Cc1ccccc1C. The summed E-state index contributed by atoms with van der Waals surface area (Å²) < 4.78 is 0. The lowest BCUT2D eigenvalue weighted by molar-refractivity contribution is -0.141. The van der Waals surface area contributed by atoms with Crippen LogP contribution in [0, 0.1) is 13.8 Å². The van der Waals surface area contributed by atoms with Gasteiger partial charge in [0.1, 0.15) is 6.04 Å². The van der Waals surface area contributed by atoms with Gasteiger partial charge in [0.15, 0.2) is 0 Å². The van der Waals surface area contributed by atoms with Crippen LogP contribution in [0.3, 0.4) is 0 Å². The van der Waals surface area contributed by atoms with Gasteiger partial charge in [-0.05, 0) is 55.9 Å². The second-order valence-corrected chi connectivity index (χ2v) is 7.79. The van der Waals surface area contributed by atoms with Crippen molar-refractivity contribution >= 4 is 11.8 Å². The average Bonchev–Trinajstić information content (AvgIpc) is 2.70. The number of nitrogens with zero attached hydrogens (tertiary/aromatic N) is 1. The van der Waals surface area contributed by atoms with Crippen molar-refractivity contribution in [1.29, 1.82) is 0 Å². The molecule has 0 saturated heterocycles. The van der Waals surface area contributed by atoms with Crippen molar-refractivity contribution in [2.24, 2.45) is 0 Å². The summed E-state index contributed by atoms with van der Waals surface area (Å²) in [6.45, 7) is 10.5. The van der Waals surface area contributed by atoms with E-state index in [0.29, 0.717) is 19.4 Å². The van der Waals surface area contributed by atoms with Crippen LogP contribution < -0.4 is 5.32 Å². The monoisotopic (exact) mass is 394 g/mol. The van der Waals surface area contributed by atoms with Gasteiger partial charge in [0.25, 0.3) is 0 Å². The summed E-state index contributed by atoms with van der Waals surface area (Å²) >= 11 is 0. The fourth-order valence-corrected chi connectivity index (χ4v) is 3.40. The lowest BCUT2D eigenvalue weighted by Gasteiger charge is -2.32. The molecule has 2 atom stereocenters. The van der Waals surface area contributed by atoms with E-state index in [2.05, 4.69) is 5.32 Å². The Morgan fingerprint density at radius 2 is 1.45 bits per heavy atom. The Morgan fingerprint density at radius 3 is 1.97 bits per heavy atom. The van der Waals surface area contributed by atoms with E-state index in [4.69, 9.17) is 0 Å². The summed E-state index contributed by atoms with van der Waals surface area (Å²) in [7, 11) is 0. The maximum absolute atomic E-state index is 13.4. The van der Waals surface area contributed by atoms with Crippen LogP contribution in [0.15, 0.2) is 48.5 Å². The minimum absolute atomic E-state index is 0.0197. The second kappa shape index (κ2) is 10.8. The van der Waals surface area contributed by atoms with Gasteiger partial charge in [-0.1, -0.05) is 62.4 Å². The Morgan fingerprint density at radius 1 is 0.897 bits per heavy atom. The van der Waals surface area contributed by atoms with Crippen molar-refractivity contribution in [2.75, 3.05) is 0 Å². The fourth-order valence-electron chi connectivity index (χ4n) is 3.40. The first-order chi connectivity index (χ1) is 13.9. The van der Waals surface area contributed by atoms with Crippen molar-refractivity contribution < 1.29 is 9.59 Å². The molecule has 0 fully saturated rings. The fraction of sp³-hybridized carbons (Fsp3) is 0.440. The molecule has 0 aliphatic heterocycles. The molecule has 2 aromatic rings. The lowest BCUT2D eigenvalue weighted by atomic mass is 10.0. The zero-order valence-corrected chi connectivity index (χ0v) is 18.4. The third kappa shape index (κ3) is 6.18. The number of hydrogen-bond donors (Lipinski definition) is 1. The summed E-state index contributed by atoms with van der Waals surface area (Å²) in [5.74, 6) is -0.0951. The first kappa shape index (κ1) is 22.7. The van der Waals surface area contributed by atoms with Gasteiger partial charge in [-0.2, -0.15) is 0 Å². The number of aryl methyl sites for hydroxylation is 2. The van der Waals surface area contributed by atoms with E-state index < -0.39 is 6.04 Å². The Kier molecular flexibility index (Phi) is 8.44. The Hall–Kier alpha value is -2.62. The third-order valence-electron chi connectivity index (χ3n) is 5.59. The third-order valence-corrected chi connectivity index (χ3v) is 5.59. The lowest BCUT2D eigenvalue weighted by Crippen LogP contribution is -2.51. The smallest absolute Gasteiger partial charge is 0.243 e. The van der Waals surface area contributed by atoms with Crippen LogP contribution in [-0.2, 0) is 22.6 Å². The molecule has 0 aromatic heterocycles. The van der Waals surface area contributed by atoms with E-state index in [1.807, 2.05) is 83.1 Å². The van der Waals surface area contributed by atoms with E-state index >= 15 is 0 Å². The van der Waals surface area contributed by atoms with Crippen molar-refractivity contribution in [3.63, 3.8) is 0 Å². The summed E-state index contributed by atoms with van der Waals surface area (Å²) in [6, 6.07) is 15.6. The van der Waals surface area contributed by atoms with Crippen LogP contribution in [0.4, 0.5) is 0 Å². The van der Waals surface area contributed by atoms with E-state index in [1.54, 1.807) is 4.90 Å². The molecule has 29 heavy (non-hydrogen) atoms. The van der Waals surface area contributed by atoms with Crippen LogP contribution in [-0.4, -0.2) is 28.8 Å². The summed E-state index contributed by atoms with van der Waals surface area (Å²) in [5.41, 5.74) is 4.29. The molecule has 1 N–H and O–H groups in total. The molecule has 0 heterocycles. The van der Waals surface area contributed by atoms with Gasteiger partial charge in [0.2, 0.25) is 11.8 Å². The highest BCUT2D eigenvalue weighted by molar-refractivity contribution is 5.88. The number of carbonyl (C=O) groups is 2. The molecule has 0 aliphatic carbocycles. The molecule has 0 aliphatic rings. The molecule has 0 unspecified atom stereocenters. The minimum atomic E-state index is -0.486. The van der Waals surface area contributed by atoms with Gasteiger partial charge in [-0.3, -0.25) is 9.59 Å². The number of carbonyl (C=O) groups excluding carboxylic acids is 2. The predicted octanol–water partition coefficient (Wildman–Crippen LogP) is 4.57. The molecule has 0 radical (unpaired) electrons. The molecule has 0 bridgehead atoms. The highest BCUT2D eigenvalue weighted by Gasteiger charge is 2.29. The Bertz CT molecular complexity index is 831. The largest absolute Gasteiger partial charge is 0.352 e. The van der Waals surface area contributed by atoms with Gasteiger partial charge in [-0.15, -0.1) is 0 Å². The second-order valence-electron chi connectivity index (χ2n) is 7.79. The molecular weight excluding hydrogens is 360 g/mol. The number of nitrogens with one attached hydrogen (secondary N) is 1. The molecule has 4 nitrogen and oxygen atoms in total. The number of benzene rings is 2. The maximum Gasteiger partial charge on any atom is 0.243 e. The van der Waals surface area contributed by atoms with Crippen molar-refractivity contribution in [3.8, 4) is 0 Å². The van der Waals surface area contributed by atoms with E-state index in [0.717, 1.165) is 28.7 Å². The van der Waals surface area contributed by atoms with Gasteiger partial charge in [-0.25, -0.2) is 0 Å². The maximum atomic E-state index is 13.4. The number of rotatable bonds is 9. The van der Waals surface area contributed by atoms with Crippen molar-refractivity contribution in [1.82, 2.24) is 10.2 Å². The van der Waals surface area contributed by atoms with E-state index in [1.165, 1.54) is 0 Å². The first-order valence-corrected chi connectivity index (χ1v) is 10.6. The molecule has 156 valence electrons.